The van der Waals surface area contributed by atoms with Crippen LogP contribution in [-0.4, -0.2) is 42.0 Å². The third kappa shape index (κ3) is 2.10. The van der Waals surface area contributed by atoms with E-state index >= 15 is 0 Å². The lowest BCUT2D eigenvalue weighted by Gasteiger charge is -2.39. The van der Waals surface area contributed by atoms with E-state index in [1.807, 2.05) is 0 Å². The van der Waals surface area contributed by atoms with Crippen molar-refractivity contribution < 1.29 is 0 Å². The summed E-state index contributed by atoms with van der Waals surface area (Å²) in [7, 11) is 2.23. The first kappa shape index (κ1) is 12.2. The molecule has 1 atom stereocenters. The molecule has 1 aromatic rings. The zero-order valence-electron chi connectivity index (χ0n) is 11.2. The Morgan fingerprint density at radius 3 is 2.83 bits per heavy atom. The molecule has 1 aromatic heterocycles. The zero-order valence-corrected chi connectivity index (χ0v) is 12.0. The third-order valence-electron chi connectivity index (χ3n) is 4.26. The highest BCUT2D eigenvalue weighted by molar-refractivity contribution is 7.10. The maximum Gasteiger partial charge on any atom is 0.142 e. The van der Waals surface area contributed by atoms with Gasteiger partial charge in [0.2, 0.25) is 0 Å². The quantitative estimate of drug-likeness (QED) is 0.910. The standard InChI is InChI=1S/C13H22N4S/c1-3-10-8-17(7-6-16(10)2)13-11(9-4-5-9)12(14)15-18-13/h9-10H,3-8H2,1-2H3,(H2,14,15). The number of nitrogens with zero attached hydrogens (tertiary/aromatic N) is 3. The molecular formula is C13H22N4S. The number of nitrogen functional groups attached to an aromatic ring is 1. The minimum Gasteiger partial charge on any atom is -0.383 e. The fourth-order valence-corrected chi connectivity index (χ4v) is 3.79. The van der Waals surface area contributed by atoms with Crippen molar-refractivity contribution in [2.45, 2.75) is 38.1 Å². The van der Waals surface area contributed by atoms with Crippen molar-refractivity contribution in [2.24, 2.45) is 0 Å². The Morgan fingerprint density at radius 1 is 1.39 bits per heavy atom. The van der Waals surface area contributed by atoms with Gasteiger partial charge in [0.15, 0.2) is 0 Å². The summed E-state index contributed by atoms with van der Waals surface area (Å²) in [5, 5.41) is 1.35. The van der Waals surface area contributed by atoms with E-state index in [1.54, 1.807) is 11.5 Å². The molecule has 2 heterocycles. The molecule has 2 fully saturated rings. The minimum absolute atomic E-state index is 0.661. The number of rotatable bonds is 3. The molecule has 0 amide bonds. The summed E-state index contributed by atoms with van der Waals surface area (Å²) in [4.78, 5) is 4.98. The molecule has 0 aromatic carbocycles. The summed E-state index contributed by atoms with van der Waals surface area (Å²) in [6, 6.07) is 0.661. The Balaban J connectivity index is 1.82. The Labute approximate surface area is 113 Å². The van der Waals surface area contributed by atoms with E-state index in [0.717, 1.165) is 25.5 Å². The minimum atomic E-state index is 0.661. The van der Waals surface area contributed by atoms with Gasteiger partial charge in [0.05, 0.1) is 0 Å². The summed E-state index contributed by atoms with van der Waals surface area (Å²) < 4.78 is 4.39. The Morgan fingerprint density at radius 2 is 2.17 bits per heavy atom. The first-order chi connectivity index (χ1) is 8.70. The van der Waals surface area contributed by atoms with Crippen LogP contribution >= 0.6 is 11.5 Å². The first-order valence-electron chi connectivity index (χ1n) is 6.91. The normalized spacial score (nSPS) is 25.7. The molecule has 2 N–H and O–H groups in total. The van der Waals surface area contributed by atoms with Gasteiger partial charge in [0.25, 0.3) is 0 Å². The van der Waals surface area contributed by atoms with Crippen molar-refractivity contribution in [1.29, 1.82) is 0 Å². The second-order valence-corrected chi connectivity index (χ2v) is 6.30. The number of likely N-dealkylation sites (N-methyl/N-ethyl adjacent to an activating group) is 1. The van der Waals surface area contributed by atoms with Crippen LogP contribution in [0.5, 0.6) is 0 Å². The first-order valence-corrected chi connectivity index (χ1v) is 7.68. The molecule has 18 heavy (non-hydrogen) atoms. The van der Waals surface area contributed by atoms with Gasteiger partial charge in [0, 0.05) is 31.2 Å². The average molecular weight is 266 g/mol. The van der Waals surface area contributed by atoms with Crippen LogP contribution in [0.15, 0.2) is 0 Å². The van der Waals surface area contributed by atoms with Crippen LogP contribution in [0.3, 0.4) is 0 Å². The summed E-state index contributed by atoms with van der Waals surface area (Å²) in [6.07, 6.45) is 3.79. The molecule has 0 spiro atoms. The maximum absolute atomic E-state index is 6.05. The van der Waals surface area contributed by atoms with E-state index in [1.165, 1.54) is 29.8 Å². The molecule has 1 saturated heterocycles. The molecule has 4 nitrogen and oxygen atoms in total. The Hall–Kier alpha value is -0.810. The van der Waals surface area contributed by atoms with Gasteiger partial charge in [-0.15, -0.1) is 0 Å². The third-order valence-corrected chi connectivity index (χ3v) is 5.20. The lowest BCUT2D eigenvalue weighted by Crippen LogP contribution is -2.51. The predicted molar refractivity (Wildman–Crippen MR) is 77.4 cm³/mol. The van der Waals surface area contributed by atoms with Gasteiger partial charge in [-0.2, -0.15) is 4.37 Å². The second-order valence-electron chi connectivity index (χ2n) is 5.55. The highest BCUT2D eigenvalue weighted by Gasteiger charge is 2.34. The van der Waals surface area contributed by atoms with E-state index in [0.29, 0.717) is 12.0 Å². The van der Waals surface area contributed by atoms with E-state index in [4.69, 9.17) is 5.73 Å². The topological polar surface area (TPSA) is 45.4 Å². The van der Waals surface area contributed by atoms with Crippen molar-refractivity contribution in [2.75, 3.05) is 37.3 Å². The van der Waals surface area contributed by atoms with E-state index < -0.39 is 0 Å². The van der Waals surface area contributed by atoms with Crippen LogP contribution in [0, 0.1) is 0 Å². The van der Waals surface area contributed by atoms with Crippen LogP contribution in [-0.2, 0) is 0 Å². The zero-order chi connectivity index (χ0) is 12.7. The Bertz CT molecular complexity index is 427. The monoisotopic (exact) mass is 266 g/mol. The molecule has 1 saturated carbocycles. The van der Waals surface area contributed by atoms with Crippen LogP contribution < -0.4 is 10.6 Å². The number of nitrogens with two attached hydrogens (primary N) is 1. The van der Waals surface area contributed by atoms with Crippen molar-refractivity contribution >= 4 is 22.4 Å². The van der Waals surface area contributed by atoms with E-state index in [9.17, 15) is 0 Å². The highest BCUT2D eigenvalue weighted by Crippen LogP contribution is 2.49. The lowest BCUT2D eigenvalue weighted by molar-refractivity contribution is 0.214. The molecule has 5 heteroatoms. The lowest BCUT2D eigenvalue weighted by atomic mass is 10.1. The van der Waals surface area contributed by atoms with Crippen LogP contribution in [0.25, 0.3) is 0 Å². The van der Waals surface area contributed by atoms with Gasteiger partial charge < -0.3 is 10.6 Å². The molecule has 0 bridgehead atoms. The fraction of sp³-hybridized carbons (Fsp3) is 0.769. The summed E-state index contributed by atoms with van der Waals surface area (Å²) >= 11 is 1.60. The van der Waals surface area contributed by atoms with Gasteiger partial charge >= 0.3 is 0 Å². The second kappa shape index (κ2) is 4.70. The number of hydrogen-bond donors (Lipinski definition) is 1. The summed E-state index contributed by atoms with van der Waals surface area (Å²) in [5.74, 6) is 1.47. The number of aromatic nitrogens is 1. The average Bonchev–Trinajstić information content (AvgIpc) is 3.13. The molecule has 100 valence electrons. The molecule has 0 radical (unpaired) electrons. The fourth-order valence-electron chi connectivity index (χ4n) is 2.86. The molecule has 1 aliphatic heterocycles. The molecular weight excluding hydrogens is 244 g/mol. The smallest absolute Gasteiger partial charge is 0.142 e. The van der Waals surface area contributed by atoms with Crippen molar-refractivity contribution in [3.8, 4) is 0 Å². The summed E-state index contributed by atoms with van der Waals surface area (Å²) in [5.41, 5.74) is 7.39. The molecule has 1 aliphatic carbocycles. The number of hydrogen-bond acceptors (Lipinski definition) is 5. The Kier molecular flexibility index (Phi) is 3.20. The predicted octanol–water partition coefficient (Wildman–Crippen LogP) is 2.13. The largest absolute Gasteiger partial charge is 0.383 e. The van der Waals surface area contributed by atoms with E-state index in [2.05, 4.69) is 28.1 Å². The number of anilines is 2. The van der Waals surface area contributed by atoms with Crippen molar-refractivity contribution in [3.05, 3.63) is 5.56 Å². The molecule has 2 aliphatic rings. The van der Waals surface area contributed by atoms with Gasteiger partial charge in [-0.25, -0.2) is 0 Å². The number of piperazine rings is 1. The van der Waals surface area contributed by atoms with Crippen molar-refractivity contribution in [1.82, 2.24) is 9.27 Å². The van der Waals surface area contributed by atoms with Crippen LogP contribution in [0.1, 0.15) is 37.7 Å². The van der Waals surface area contributed by atoms with Crippen molar-refractivity contribution in [3.63, 3.8) is 0 Å². The SMILES string of the molecule is CCC1CN(c2snc(N)c2C2CC2)CCN1C. The van der Waals surface area contributed by atoms with Gasteiger partial charge in [-0.3, -0.25) is 4.90 Å². The highest BCUT2D eigenvalue weighted by atomic mass is 32.1. The van der Waals surface area contributed by atoms with Gasteiger partial charge in [-0.1, -0.05) is 6.92 Å². The summed E-state index contributed by atoms with van der Waals surface area (Å²) in [6.45, 7) is 5.64. The van der Waals surface area contributed by atoms with E-state index in [-0.39, 0.29) is 0 Å². The maximum atomic E-state index is 6.05. The van der Waals surface area contributed by atoms with Gasteiger partial charge in [0.1, 0.15) is 10.8 Å². The molecule has 1 unspecified atom stereocenters. The van der Waals surface area contributed by atoms with Crippen LogP contribution in [0.2, 0.25) is 0 Å². The molecule has 3 rings (SSSR count). The van der Waals surface area contributed by atoms with Crippen LogP contribution in [0.4, 0.5) is 10.8 Å². The van der Waals surface area contributed by atoms with Gasteiger partial charge in [-0.05, 0) is 43.8 Å².